The first-order chi connectivity index (χ1) is 6.69. The Morgan fingerprint density at radius 2 is 2.14 bits per heavy atom. The van der Waals surface area contributed by atoms with Crippen molar-refractivity contribution in [1.29, 1.82) is 0 Å². The molecule has 0 aromatic heterocycles. The Bertz CT molecular complexity index is 227. The van der Waals surface area contributed by atoms with Crippen LogP contribution in [0.15, 0.2) is 0 Å². The second-order valence-electron chi connectivity index (χ2n) is 3.58. The lowest BCUT2D eigenvalue weighted by Gasteiger charge is -2.03. The lowest BCUT2D eigenvalue weighted by molar-refractivity contribution is -0.154. The Morgan fingerprint density at radius 3 is 2.71 bits per heavy atom. The molecule has 4 nitrogen and oxygen atoms in total. The largest absolute Gasteiger partial charge is 0.459 e. The highest BCUT2D eigenvalue weighted by atomic mass is 16.5. The third-order valence-electron chi connectivity index (χ3n) is 2.36. The number of amides is 1. The Balaban J connectivity index is 2.19. The summed E-state index contributed by atoms with van der Waals surface area (Å²) in [6.45, 7) is 4.04. The zero-order chi connectivity index (χ0) is 10.6. The van der Waals surface area contributed by atoms with Gasteiger partial charge in [0.2, 0.25) is 0 Å². The molecule has 1 fully saturated rings. The summed E-state index contributed by atoms with van der Waals surface area (Å²) in [6, 6.07) is 0.201. The fourth-order valence-corrected chi connectivity index (χ4v) is 1.54. The van der Waals surface area contributed by atoms with Gasteiger partial charge in [-0.2, -0.15) is 0 Å². The fraction of sp³-hybridized carbons (Fsp3) is 0.800. The molecule has 0 bridgehead atoms. The fourth-order valence-electron chi connectivity index (χ4n) is 1.54. The van der Waals surface area contributed by atoms with E-state index in [2.05, 4.69) is 17.0 Å². The normalized spacial score (nSPS) is 24.1. The molecule has 1 saturated carbocycles. The Morgan fingerprint density at radius 1 is 1.43 bits per heavy atom. The van der Waals surface area contributed by atoms with Crippen LogP contribution in [0.2, 0.25) is 0 Å². The predicted molar refractivity (Wildman–Crippen MR) is 51.6 cm³/mol. The molecule has 2 atom stereocenters. The van der Waals surface area contributed by atoms with Gasteiger partial charge in [0.05, 0.1) is 6.61 Å². The number of rotatable bonds is 4. The number of ether oxygens (including phenoxy) is 1. The molecule has 0 heterocycles. The molecule has 1 N–H and O–H groups in total. The highest BCUT2D eigenvalue weighted by molar-refractivity contribution is 6.32. The van der Waals surface area contributed by atoms with Crippen molar-refractivity contribution in [1.82, 2.24) is 5.32 Å². The molecule has 1 aliphatic carbocycles. The van der Waals surface area contributed by atoms with Gasteiger partial charge in [0.15, 0.2) is 0 Å². The van der Waals surface area contributed by atoms with Crippen LogP contribution in [0.25, 0.3) is 0 Å². The second-order valence-corrected chi connectivity index (χ2v) is 3.58. The van der Waals surface area contributed by atoms with Crippen LogP contribution in [0.3, 0.4) is 0 Å². The van der Waals surface area contributed by atoms with Gasteiger partial charge >= 0.3 is 11.9 Å². The highest BCUT2D eigenvalue weighted by Gasteiger charge is 2.38. The first kappa shape index (κ1) is 11.0. The maximum Gasteiger partial charge on any atom is 0.396 e. The number of nitrogens with one attached hydrogen (secondary N) is 1. The number of esters is 1. The highest BCUT2D eigenvalue weighted by Crippen LogP contribution is 2.34. The Kier molecular flexibility index (Phi) is 3.92. The van der Waals surface area contributed by atoms with E-state index in [0.717, 1.165) is 19.3 Å². The summed E-state index contributed by atoms with van der Waals surface area (Å²) >= 11 is 0. The van der Waals surface area contributed by atoms with E-state index in [-0.39, 0.29) is 12.6 Å². The SMILES string of the molecule is CCCC1CC1NC(=O)C(=O)OCC. The molecule has 1 rings (SSSR count). The molecule has 14 heavy (non-hydrogen) atoms. The molecule has 0 aromatic carbocycles. The van der Waals surface area contributed by atoms with Crippen molar-refractivity contribution in [3.63, 3.8) is 0 Å². The minimum absolute atomic E-state index is 0.201. The average Bonchev–Trinajstić information content (AvgIpc) is 2.84. The van der Waals surface area contributed by atoms with E-state index < -0.39 is 11.9 Å². The summed E-state index contributed by atoms with van der Waals surface area (Å²) < 4.78 is 4.58. The quantitative estimate of drug-likeness (QED) is 0.539. The monoisotopic (exact) mass is 199 g/mol. The maximum absolute atomic E-state index is 11.1. The van der Waals surface area contributed by atoms with Crippen molar-refractivity contribution in [2.24, 2.45) is 5.92 Å². The number of hydrogen-bond donors (Lipinski definition) is 1. The van der Waals surface area contributed by atoms with Crippen molar-refractivity contribution in [3.8, 4) is 0 Å². The molecule has 0 aliphatic heterocycles. The van der Waals surface area contributed by atoms with E-state index in [1.807, 2.05) is 0 Å². The van der Waals surface area contributed by atoms with Crippen LogP contribution in [0.5, 0.6) is 0 Å². The van der Waals surface area contributed by atoms with Crippen molar-refractivity contribution in [2.45, 2.75) is 39.2 Å². The summed E-state index contributed by atoms with van der Waals surface area (Å²) in [7, 11) is 0. The van der Waals surface area contributed by atoms with E-state index in [9.17, 15) is 9.59 Å². The lowest BCUT2D eigenvalue weighted by Crippen LogP contribution is -2.34. The average molecular weight is 199 g/mol. The van der Waals surface area contributed by atoms with Gasteiger partial charge in [0.1, 0.15) is 0 Å². The number of carbonyl (C=O) groups excluding carboxylic acids is 2. The van der Waals surface area contributed by atoms with Crippen LogP contribution in [0.4, 0.5) is 0 Å². The molecule has 0 saturated heterocycles. The molecular weight excluding hydrogens is 182 g/mol. The Labute approximate surface area is 84.0 Å². The number of hydrogen-bond acceptors (Lipinski definition) is 3. The molecule has 1 amide bonds. The van der Waals surface area contributed by atoms with Crippen LogP contribution in [0.1, 0.15) is 33.1 Å². The predicted octanol–water partition coefficient (Wildman–Crippen LogP) is 0.854. The van der Waals surface area contributed by atoms with Gasteiger partial charge < -0.3 is 10.1 Å². The van der Waals surface area contributed by atoms with Crippen molar-refractivity contribution < 1.29 is 14.3 Å². The molecule has 4 heteroatoms. The summed E-state index contributed by atoms with van der Waals surface area (Å²) in [4.78, 5) is 22.1. The molecule has 1 aliphatic rings. The summed E-state index contributed by atoms with van der Waals surface area (Å²) in [6.07, 6.45) is 3.24. The molecule has 0 spiro atoms. The molecule has 80 valence electrons. The van der Waals surface area contributed by atoms with Gasteiger partial charge in [-0.25, -0.2) is 4.79 Å². The smallest absolute Gasteiger partial charge is 0.396 e. The van der Waals surface area contributed by atoms with Crippen molar-refractivity contribution in [3.05, 3.63) is 0 Å². The molecular formula is C10H17NO3. The van der Waals surface area contributed by atoms with Crippen LogP contribution < -0.4 is 5.32 Å². The number of carbonyl (C=O) groups is 2. The zero-order valence-electron chi connectivity index (χ0n) is 8.71. The third-order valence-corrected chi connectivity index (χ3v) is 2.36. The first-order valence-corrected chi connectivity index (χ1v) is 5.16. The Hall–Kier alpha value is -1.06. The minimum atomic E-state index is -0.769. The van der Waals surface area contributed by atoms with Crippen molar-refractivity contribution in [2.75, 3.05) is 6.61 Å². The lowest BCUT2D eigenvalue weighted by atomic mass is 10.2. The van der Waals surface area contributed by atoms with Gasteiger partial charge in [0, 0.05) is 6.04 Å². The van der Waals surface area contributed by atoms with Gasteiger partial charge in [0.25, 0.3) is 0 Å². The van der Waals surface area contributed by atoms with E-state index in [1.165, 1.54) is 0 Å². The second kappa shape index (κ2) is 4.98. The standard InChI is InChI=1S/C10H17NO3/c1-3-5-7-6-8(7)11-9(12)10(13)14-4-2/h7-8H,3-6H2,1-2H3,(H,11,12). The molecule has 2 unspecified atom stereocenters. The molecule has 0 radical (unpaired) electrons. The van der Waals surface area contributed by atoms with Gasteiger partial charge in [-0.1, -0.05) is 13.3 Å². The summed E-state index contributed by atoms with van der Waals surface area (Å²) in [5.41, 5.74) is 0. The van der Waals surface area contributed by atoms with Gasteiger partial charge in [-0.15, -0.1) is 0 Å². The maximum atomic E-state index is 11.1. The van der Waals surface area contributed by atoms with E-state index in [0.29, 0.717) is 5.92 Å². The summed E-state index contributed by atoms with van der Waals surface area (Å²) in [5.74, 6) is -0.802. The van der Waals surface area contributed by atoms with Crippen LogP contribution in [-0.2, 0) is 14.3 Å². The summed E-state index contributed by atoms with van der Waals surface area (Å²) in [5, 5.41) is 2.66. The van der Waals surface area contributed by atoms with Crippen LogP contribution in [0, 0.1) is 5.92 Å². The molecule has 0 aromatic rings. The topological polar surface area (TPSA) is 55.4 Å². The van der Waals surface area contributed by atoms with E-state index in [4.69, 9.17) is 0 Å². The zero-order valence-corrected chi connectivity index (χ0v) is 8.71. The van der Waals surface area contributed by atoms with Gasteiger partial charge in [-0.3, -0.25) is 4.79 Å². The minimum Gasteiger partial charge on any atom is -0.459 e. The van der Waals surface area contributed by atoms with E-state index in [1.54, 1.807) is 6.92 Å². The van der Waals surface area contributed by atoms with Crippen LogP contribution in [-0.4, -0.2) is 24.5 Å². The first-order valence-electron chi connectivity index (χ1n) is 5.16. The van der Waals surface area contributed by atoms with E-state index >= 15 is 0 Å². The van der Waals surface area contributed by atoms with Crippen LogP contribution >= 0.6 is 0 Å². The van der Waals surface area contributed by atoms with Gasteiger partial charge in [-0.05, 0) is 25.7 Å². The third kappa shape index (κ3) is 3.01. The van der Waals surface area contributed by atoms with Crippen molar-refractivity contribution >= 4 is 11.9 Å².